The fourth-order valence-corrected chi connectivity index (χ4v) is 1.16. The molecular formula is C11H19NO4. The van der Waals surface area contributed by atoms with Gasteiger partial charge < -0.3 is 10.4 Å². The summed E-state index contributed by atoms with van der Waals surface area (Å²) in [5.74, 6) is -1.38. The molecule has 0 bridgehead atoms. The van der Waals surface area contributed by atoms with Gasteiger partial charge in [0.05, 0.1) is 13.0 Å². The molecule has 0 aromatic rings. The third-order valence-electron chi connectivity index (χ3n) is 2.11. The average Bonchev–Trinajstić information content (AvgIpc) is 2.24. The van der Waals surface area contributed by atoms with Crippen molar-refractivity contribution < 1.29 is 19.5 Å². The molecule has 0 unspecified atom stereocenters. The Morgan fingerprint density at radius 3 is 2.31 bits per heavy atom. The van der Waals surface area contributed by atoms with E-state index in [-0.39, 0.29) is 31.1 Å². The predicted octanol–water partition coefficient (Wildman–Crippen LogP) is 1.12. The summed E-state index contributed by atoms with van der Waals surface area (Å²) in [5.41, 5.74) is 0. The summed E-state index contributed by atoms with van der Waals surface area (Å²) in [6.45, 7) is 1.99. The Morgan fingerprint density at radius 2 is 1.75 bits per heavy atom. The topological polar surface area (TPSA) is 83.5 Å². The molecule has 0 aromatic carbocycles. The van der Waals surface area contributed by atoms with Crippen molar-refractivity contribution in [3.8, 4) is 0 Å². The molecule has 0 fully saturated rings. The Hall–Kier alpha value is -1.39. The number of Topliss-reactive ketones (excluding diaryl/α,β-unsaturated/α-hetero) is 1. The maximum atomic E-state index is 11.2. The number of hydrogen-bond donors (Lipinski definition) is 2. The van der Waals surface area contributed by atoms with Crippen LogP contribution in [0.5, 0.6) is 0 Å². The lowest BCUT2D eigenvalue weighted by atomic mass is 10.2. The molecule has 0 heterocycles. The average molecular weight is 229 g/mol. The van der Waals surface area contributed by atoms with Crippen LogP contribution in [0.3, 0.4) is 0 Å². The zero-order chi connectivity index (χ0) is 12.4. The predicted molar refractivity (Wildman–Crippen MR) is 59.0 cm³/mol. The van der Waals surface area contributed by atoms with Crippen LogP contribution in [-0.2, 0) is 14.4 Å². The smallest absolute Gasteiger partial charge is 0.303 e. The second-order valence-electron chi connectivity index (χ2n) is 3.67. The first kappa shape index (κ1) is 14.6. The minimum Gasteiger partial charge on any atom is -0.481 e. The largest absolute Gasteiger partial charge is 0.481 e. The van der Waals surface area contributed by atoms with E-state index in [1.807, 2.05) is 6.92 Å². The molecule has 0 aliphatic carbocycles. The van der Waals surface area contributed by atoms with E-state index < -0.39 is 5.97 Å². The standard InChI is InChI=1S/C11H19NO4/c1-2-3-4-5-10(14)12-8-9(13)6-7-11(15)16/h2-8H2,1H3,(H,12,14)(H,15,16). The molecule has 92 valence electrons. The van der Waals surface area contributed by atoms with Gasteiger partial charge in [-0.3, -0.25) is 14.4 Å². The van der Waals surface area contributed by atoms with Crippen LogP contribution in [0, 0.1) is 0 Å². The lowest BCUT2D eigenvalue weighted by Crippen LogP contribution is -2.29. The number of amides is 1. The van der Waals surface area contributed by atoms with Crippen LogP contribution >= 0.6 is 0 Å². The summed E-state index contributed by atoms with van der Waals surface area (Å²) in [4.78, 5) is 32.5. The monoisotopic (exact) mass is 229 g/mol. The zero-order valence-electron chi connectivity index (χ0n) is 9.62. The molecule has 0 saturated carbocycles. The lowest BCUT2D eigenvalue weighted by Gasteiger charge is -2.03. The van der Waals surface area contributed by atoms with Gasteiger partial charge in [0.1, 0.15) is 0 Å². The summed E-state index contributed by atoms with van der Waals surface area (Å²) < 4.78 is 0. The number of aliphatic carboxylic acids is 1. The normalized spacial score (nSPS) is 9.81. The van der Waals surface area contributed by atoms with Crippen molar-refractivity contribution in [1.29, 1.82) is 0 Å². The van der Waals surface area contributed by atoms with Gasteiger partial charge in [-0.05, 0) is 6.42 Å². The van der Waals surface area contributed by atoms with E-state index in [9.17, 15) is 14.4 Å². The highest BCUT2D eigenvalue weighted by atomic mass is 16.4. The van der Waals surface area contributed by atoms with E-state index in [0.717, 1.165) is 19.3 Å². The van der Waals surface area contributed by atoms with Crippen molar-refractivity contribution >= 4 is 17.7 Å². The van der Waals surface area contributed by atoms with Crippen LogP contribution in [0.25, 0.3) is 0 Å². The highest BCUT2D eigenvalue weighted by Crippen LogP contribution is 1.98. The second-order valence-corrected chi connectivity index (χ2v) is 3.67. The summed E-state index contributed by atoms with van der Waals surface area (Å²) >= 11 is 0. The van der Waals surface area contributed by atoms with Crippen LogP contribution in [0.2, 0.25) is 0 Å². The van der Waals surface area contributed by atoms with E-state index in [0.29, 0.717) is 6.42 Å². The van der Waals surface area contributed by atoms with Gasteiger partial charge in [-0.25, -0.2) is 0 Å². The number of carbonyl (C=O) groups is 3. The molecule has 0 rings (SSSR count). The lowest BCUT2D eigenvalue weighted by molar-refractivity contribution is -0.138. The van der Waals surface area contributed by atoms with Crippen LogP contribution in [0.15, 0.2) is 0 Å². The number of hydrogen-bond acceptors (Lipinski definition) is 3. The maximum absolute atomic E-state index is 11.2. The first-order valence-electron chi connectivity index (χ1n) is 5.56. The molecule has 0 spiro atoms. The van der Waals surface area contributed by atoms with Crippen molar-refractivity contribution in [3.05, 3.63) is 0 Å². The first-order valence-corrected chi connectivity index (χ1v) is 5.56. The summed E-state index contributed by atoms with van der Waals surface area (Å²) in [5, 5.41) is 10.8. The third kappa shape index (κ3) is 9.18. The zero-order valence-corrected chi connectivity index (χ0v) is 9.62. The minimum atomic E-state index is -0.998. The summed E-state index contributed by atoms with van der Waals surface area (Å²) in [6, 6.07) is 0. The van der Waals surface area contributed by atoms with Gasteiger partial charge in [0, 0.05) is 12.8 Å². The van der Waals surface area contributed by atoms with Crippen molar-refractivity contribution in [2.45, 2.75) is 45.4 Å². The Kier molecular flexibility index (Phi) is 8.11. The Labute approximate surface area is 95.2 Å². The molecule has 5 nitrogen and oxygen atoms in total. The quantitative estimate of drug-likeness (QED) is 0.580. The van der Waals surface area contributed by atoms with Crippen LogP contribution in [0.4, 0.5) is 0 Å². The molecule has 5 heteroatoms. The number of unbranched alkanes of at least 4 members (excludes halogenated alkanes) is 2. The van der Waals surface area contributed by atoms with E-state index in [1.54, 1.807) is 0 Å². The molecule has 0 atom stereocenters. The summed E-state index contributed by atoms with van der Waals surface area (Å²) in [7, 11) is 0. The van der Waals surface area contributed by atoms with Crippen molar-refractivity contribution in [2.75, 3.05) is 6.54 Å². The third-order valence-corrected chi connectivity index (χ3v) is 2.11. The van der Waals surface area contributed by atoms with Gasteiger partial charge in [-0.2, -0.15) is 0 Å². The highest BCUT2D eigenvalue weighted by Gasteiger charge is 2.07. The van der Waals surface area contributed by atoms with Crippen LogP contribution in [-0.4, -0.2) is 29.3 Å². The second kappa shape index (κ2) is 8.88. The number of ketones is 1. The number of rotatable bonds is 9. The van der Waals surface area contributed by atoms with E-state index in [1.165, 1.54) is 0 Å². The maximum Gasteiger partial charge on any atom is 0.303 e. The molecule has 0 saturated heterocycles. The molecule has 0 radical (unpaired) electrons. The van der Waals surface area contributed by atoms with Gasteiger partial charge in [-0.15, -0.1) is 0 Å². The van der Waals surface area contributed by atoms with E-state index in [2.05, 4.69) is 5.32 Å². The molecule has 0 aromatic heterocycles. The SMILES string of the molecule is CCCCCC(=O)NCC(=O)CCC(=O)O. The first-order chi connectivity index (χ1) is 7.56. The van der Waals surface area contributed by atoms with Gasteiger partial charge in [0.2, 0.25) is 5.91 Å². The minimum absolute atomic E-state index is 0.0232. The Balaban J connectivity index is 3.51. The number of carbonyl (C=O) groups excluding carboxylic acids is 2. The van der Waals surface area contributed by atoms with Crippen molar-refractivity contribution in [1.82, 2.24) is 5.32 Å². The molecule has 1 amide bonds. The van der Waals surface area contributed by atoms with Crippen LogP contribution < -0.4 is 5.32 Å². The number of carboxylic acids is 1. The van der Waals surface area contributed by atoms with Gasteiger partial charge >= 0.3 is 5.97 Å². The molecule has 16 heavy (non-hydrogen) atoms. The van der Waals surface area contributed by atoms with Crippen molar-refractivity contribution in [3.63, 3.8) is 0 Å². The van der Waals surface area contributed by atoms with Crippen LogP contribution in [0.1, 0.15) is 45.4 Å². The highest BCUT2D eigenvalue weighted by molar-refractivity contribution is 5.87. The van der Waals surface area contributed by atoms with E-state index in [4.69, 9.17) is 5.11 Å². The Bertz CT molecular complexity index is 250. The fourth-order valence-electron chi connectivity index (χ4n) is 1.16. The van der Waals surface area contributed by atoms with Gasteiger partial charge in [0.25, 0.3) is 0 Å². The number of nitrogens with one attached hydrogen (secondary N) is 1. The van der Waals surface area contributed by atoms with E-state index >= 15 is 0 Å². The summed E-state index contributed by atoms with van der Waals surface area (Å²) in [6.07, 6.45) is 3.10. The van der Waals surface area contributed by atoms with Crippen molar-refractivity contribution in [2.24, 2.45) is 0 Å². The molecule has 2 N–H and O–H groups in total. The fraction of sp³-hybridized carbons (Fsp3) is 0.727. The molecular weight excluding hydrogens is 210 g/mol. The molecule has 0 aliphatic heterocycles. The van der Waals surface area contributed by atoms with Gasteiger partial charge in [-0.1, -0.05) is 19.8 Å². The van der Waals surface area contributed by atoms with Gasteiger partial charge in [0.15, 0.2) is 5.78 Å². The molecule has 0 aliphatic rings. The number of carboxylic acid groups (broad SMARTS) is 1. The Morgan fingerprint density at radius 1 is 1.06 bits per heavy atom.